The van der Waals surface area contributed by atoms with E-state index in [2.05, 4.69) is 15.5 Å². The minimum atomic E-state index is -0.266. The van der Waals surface area contributed by atoms with Crippen LogP contribution in [0.3, 0.4) is 0 Å². The first-order valence-electron chi connectivity index (χ1n) is 5.98. The monoisotopic (exact) mass is 285 g/mol. The topological polar surface area (TPSA) is 68.0 Å². The highest BCUT2D eigenvalue weighted by atomic mass is 32.1. The van der Waals surface area contributed by atoms with Crippen LogP contribution < -0.4 is 5.32 Å². The lowest BCUT2D eigenvalue weighted by Crippen LogP contribution is -2.13. The van der Waals surface area contributed by atoms with Crippen LogP contribution in [-0.2, 0) is 0 Å². The van der Waals surface area contributed by atoms with Gasteiger partial charge < -0.3 is 4.52 Å². The van der Waals surface area contributed by atoms with E-state index in [-0.39, 0.29) is 5.91 Å². The molecule has 100 valence electrons. The van der Waals surface area contributed by atoms with E-state index in [0.29, 0.717) is 22.1 Å². The van der Waals surface area contributed by atoms with Crippen molar-refractivity contribution in [3.8, 4) is 11.3 Å². The van der Waals surface area contributed by atoms with E-state index in [4.69, 9.17) is 4.52 Å². The second-order valence-electron chi connectivity index (χ2n) is 4.12. The molecule has 5 nitrogen and oxygen atoms in total. The van der Waals surface area contributed by atoms with Crippen molar-refractivity contribution in [2.45, 2.75) is 6.92 Å². The van der Waals surface area contributed by atoms with Crippen molar-refractivity contribution in [2.75, 3.05) is 5.32 Å². The van der Waals surface area contributed by atoms with Crippen LogP contribution in [0.4, 0.5) is 5.13 Å². The third-order valence-corrected chi connectivity index (χ3v) is 3.48. The summed E-state index contributed by atoms with van der Waals surface area (Å²) in [5, 5.41) is 9.08. The van der Waals surface area contributed by atoms with Crippen molar-refractivity contribution in [3.05, 3.63) is 53.2 Å². The number of aromatic nitrogens is 2. The third kappa shape index (κ3) is 2.33. The second-order valence-corrected chi connectivity index (χ2v) is 5.01. The molecule has 0 spiro atoms. The molecule has 0 saturated heterocycles. The van der Waals surface area contributed by atoms with Crippen LogP contribution in [-0.4, -0.2) is 16.0 Å². The van der Waals surface area contributed by atoms with Gasteiger partial charge in [-0.1, -0.05) is 35.5 Å². The number of anilines is 1. The van der Waals surface area contributed by atoms with Gasteiger partial charge in [-0.3, -0.25) is 10.1 Å². The van der Waals surface area contributed by atoms with Gasteiger partial charge in [0, 0.05) is 17.1 Å². The smallest absolute Gasteiger partial charge is 0.263 e. The molecule has 2 heterocycles. The Bertz CT molecular complexity index is 720. The molecule has 0 bridgehead atoms. The zero-order valence-corrected chi connectivity index (χ0v) is 11.5. The number of hydrogen-bond donors (Lipinski definition) is 1. The minimum absolute atomic E-state index is 0.266. The van der Waals surface area contributed by atoms with Gasteiger partial charge in [0.15, 0.2) is 5.13 Å². The summed E-state index contributed by atoms with van der Waals surface area (Å²) >= 11 is 1.36. The van der Waals surface area contributed by atoms with E-state index in [1.165, 1.54) is 11.3 Å². The fourth-order valence-corrected chi connectivity index (χ4v) is 2.40. The quantitative estimate of drug-likeness (QED) is 0.801. The molecule has 1 N–H and O–H groups in total. The van der Waals surface area contributed by atoms with Crippen LogP contribution in [0, 0.1) is 6.92 Å². The van der Waals surface area contributed by atoms with Crippen LogP contribution in [0.1, 0.15) is 16.1 Å². The summed E-state index contributed by atoms with van der Waals surface area (Å²) < 4.78 is 5.16. The number of benzene rings is 1. The highest BCUT2D eigenvalue weighted by Crippen LogP contribution is 2.26. The Morgan fingerprint density at radius 1 is 1.30 bits per heavy atom. The van der Waals surface area contributed by atoms with Gasteiger partial charge in [-0.15, -0.1) is 11.3 Å². The fraction of sp³-hybridized carbons (Fsp3) is 0.0714. The Hall–Kier alpha value is -2.47. The van der Waals surface area contributed by atoms with E-state index < -0.39 is 0 Å². The molecule has 0 fully saturated rings. The molecule has 3 aromatic rings. The molecule has 0 aliphatic rings. The number of hydrogen-bond acceptors (Lipinski definition) is 5. The molecule has 2 aromatic heterocycles. The van der Waals surface area contributed by atoms with Crippen LogP contribution >= 0.6 is 11.3 Å². The van der Waals surface area contributed by atoms with E-state index in [1.54, 1.807) is 18.5 Å². The standard InChI is InChI=1S/C14H11N3O2S/c1-9-11(13(18)16-14-15-7-8-20-14)12(17-19-9)10-5-3-2-4-6-10/h2-8H,1H3,(H,15,16,18). The fourth-order valence-electron chi connectivity index (χ4n) is 1.88. The third-order valence-electron chi connectivity index (χ3n) is 2.79. The zero-order valence-electron chi connectivity index (χ0n) is 10.7. The van der Waals surface area contributed by atoms with E-state index in [9.17, 15) is 4.79 Å². The molecule has 20 heavy (non-hydrogen) atoms. The molecular formula is C14H11N3O2S. The molecule has 0 unspecified atom stereocenters. The molecule has 0 aliphatic carbocycles. The number of nitrogens with zero attached hydrogens (tertiary/aromatic N) is 2. The lowest BCUT2D eigenvalue weighted by molar-refractivity contribution is 0.102. The van der Waals surface area contributed by atoms with Crippen molar-refractivity contribution in [2.24, 2.45) is 0 Å². The van der Waals surface area contributed by atoms with Crippen LogP contribution in [0.25, 0.3) is 11.3 Å². The summed E-state index contributed by atoms with van der Waals surface area (Å²) in [7, 11) is 0. The van der Waals surface area contributed by atoms with E-state index >= 15 is 0 Å². The van der Waals surface area contributed by atoms with E-state index in [0.717, 1.165) is 5.56 Å². The molecule has 0 saturated carbocycles. The summed E-state index contributed by atoms with van der Waals surface area (Å²) in [5.74, 6) is 0.218. The van der Waals surface area contributed by atoms with Crippen molar-refractivity contribution in [1.29, 1.82) is 0 Å². The lowest BCUT2D eigenvalue weighted by atomic mass is 10.1. The summed E-state index contributed by atoms with van der Waals surface area (Å²) in [6.45, 7) is 1.72. The second kappa shape index (κ2) is 5.26. The first-order chi connectivity index (χ1) is 9.75. The SMILES string of the molecule is Cc1onc(-c2ccccc2)c1C(=O)Nc1nccs1. The van der Waals surface area contributed by atoms with E-state index in [1.807, 2.05) is 30.3 Å². The number of rotatable bonds is 3. The Labute approximate surface area is 119 Å². The van der Waals surface area contributed by atoms with Crippen molar-refractivity contribution < 1.29 is 9.32 Å². The molecule has 3 rings (SSSR count). The number of thiazole rings is 1. The summed E-state index contributed by atoms with van der Waals surface area (Å²) in [4.78, 5) is 16.4. The van der Waals surface area contributed by atoms with Gasteiger partial charge in [0.25, 0.3) is 5.91 Å². The van der Waals surface area contributed by atoms with Gasteiger partial charge in [0.1, 0.15) is 17.0 Å². The number of nitrogens with one attached hydrogen (secondary N) is 1. The number of amides is 1. The van der Waals surface area contributed by atoms with Gasteiger partial charge in [0.05, 0.1) is 0 Å². The first kappa shape index (κ1) is 12.6. The van der Waals surface area contributed by atoms with Gasteiger partial charge >= 0.3 is 0 Å². The molecule has 0 radical (unpaired) electrons. The molecule has 0 atom stereocenters. The van der Waals surface area contributed by atoms with Crippen LogP contribution in [0.5, 0.6) is 0 Å². The molecule has 6 heteroatoms. The Kier molecular flexibility index (Phi) is 3.30. The highest BCUT2D eigenvalue weighted by molar-refractivity contribution is 7.13. The van der Waals surface area contributed by atoms with Crippen molar-refractivity contribution in [1.82, 2.24) is 10.1 Å². The number of carbonyl (C=O) groups excluding carboxylic acids is 1. The maximum Gasteiger partial charge on any atom is 0.263 e. The maximum absolute atomic E-state index is 12.3. The van der Waals surface area contributed by atoms with Crippen LogP contribution in [0.2, 0.25) is 0 Å². The molecule has 1 aromatic carbocycles. The van der Waals surface area contributed by atoms with Gasteiger partial charge in [-0.25, -0.2) is 4.98 Å². The summed E-state index contributed by atoms with van der Waals surface area (Å²) in [6, 6.07) is 9.46. The molecular weight excluding hydrogens is 274 g/mol. The predicted octanol–water partition coefficient (Wildman–Crippen LogP) is 3.36. The Balaban J connectivity index is 1.97. The average Bonchev–Trinajstić information content (AvgIpc) is 3.09. The van der Waals surface area contributed by atoms with Gasteiger partial charge in [0.2, 0.25) is 0 Å². The minimum Gasteiger partial charge on any atom is -0.360 e. The van der Waals surface area contributed by atoms with Crippen molar-refractivity contribution in [3.63, 3.8) is 0 Å². The number of aryl methyl sites for hydroxylation is 1. The zero-order chi connectivity index (χ0) is 13.9. The largest absolute Gasteiger partial charge is 0.360 e. The molecule has 1 amide bonds. The maximum atomic E-state index is 12.3. The summed E-state index contributed by atoms with van der Waals surface area (Å²) in [6.07, 6.45) is 1.64. The van der Waals surface area contributed by atoms with Gasteiger partial charge in [-0.2, -0.15) is 0 Å². The van der Waals surface area contributed by atoms with Gasteiger partial charge in [-0.05, 0) is 6.92 Å². The van der Waals surface area contributed by atoms with Crippen molar-refractivity contribution >= 4 is 22.4 Å². The lowest BCUT2D eigenvalue weighted by Gasteiger charge is -2.02. The average molecular weight is 285 g/mol. The predicted molar refractivity (Wildman–Crippen MR) is 76.7 cm³/mol. The first-order valence-corrected chi connectivity index (χ1v) is 6.86. The Morgan fingerprint density at radius 2 is 2.10 bits per heavy atom. The normalized spacial score (nSPS) is 10.4. The molecule has 0 aliphatic heterocycles. The Morgan fingerprint density at radius 3 is 2.80 bits per heavy atom. The number of carbonyl (C=O) groups is 1. The van der Waals surface area contributed by atoms with Crippen LogP contribution in [0.15, 0.2) is 46.4 Å². The highest BCUT2D eigenvalue weighted by Gasteiger charge is 2.21. The summed E-state index contributed by atoms with van der Waals surface area (Å²) in [5.41, 5.74) is 1.82.